The SMILES string of the molecule is COCCCNC(=O)CN(C)C(=O)c1ccc(Cl)cc1Br. The summed E-state index contributed by atoms with van der Waals surface area (Å²) in [5, 5.41) is 3.27. The molecular weight excluding hydrogens is 360 g/mol. The highest BCUT2D eigenvalue weighted by Crippen LogP contribution is 2.22. The number of amides is 2. The molecule has 116 valence electrons. The van der Waals surface area contributed by atoms with E-state index in [9.17, 15) is 9.59 Å². The first-order chi connectivity index (χ1) is 9.95. The third kappa shape index (κ3) is 6.03. The van der Waals surface area contributed by atoms with Crippen LogP contribution in [0, 0.1) is 0 Å². The number of carbonyl (C=O) groups is 2. The van der Waals surface area contributed by atoms with E-state index in [1.54, 1.807) is 32.4 Å². The highest BCUT2D eigenvalue weighted by atomic mass is 79.9. The van der Waals surface area contributed by atoms with Gasteiger partial charge >= 0.3 is 0 Å². The van der Waals surface area contributed by atoms with Crippen LogP contribution in [0.3, 0.4) is 0 Å². The van der Waals surface area contributed by atoms with Gasteiger partial charge in [-0.1, -0.05) is 11.6 Å². The van der Waals surface area contributed by atoms with Gasteiger partial charge in [-0.3, -0.25) is 9.59 Å². The Morgan fingerprint density at radius 3 is 2.76 bits per heavy atom. The second-order valence-corrected chi connectivity index (χ2v) is 5.77. The highest BCUT2D eigenvalue weighted by Gasteiger charge is 2.17. The molecule has 21 heavy (non-hydrogen) atoms. The Kier molecular flexibility index (Phi) is 7.71. The summed E-state index contributed by atoms with van der Waals surface area (Å²) in [7, 11) is 3.19. The summed E-state index contributed by atoms with van der Waals surface area (Å²) in [4.78, 5) is 25.3. The number of nitrogens with one attached hydrogen (secondary N) is 1. The first kappa shape index (κ1) is 17.9. The largest absolute Gasteiger partial charge is 0.385 e. The maximum atomic E-state index is 12.2. The van der Waals surface area contributed by atoms with E-state index in [0.29, 0.717) is 28.2 Å². The third-order valence-corrected chi connectivity index (χ3v) is 3.63. The molecule has 0 heterocycles. The Labute approximate surface area is 137 Å². The molecule has 0 spiro atoms. The topological polar surface area (TPSA) is 58.6 Å². The van der Waals surface area contributed by atoms with Crippen LogP contribution in [-0.4, -0.2) is 50.6 Å². The van der Waals surface area contributed by atoms with Gasteiger partial charge in [0.1, 0.15) is 0 Å². The fourth-order valence-electron chi connectivity index (χ4n) is 1.66. The lowest BCUT2D eigenvalue weighted by Gasteiger charge is -2.17. The Morgan fingerprint density at radius 1 is 1.43 bits per heavy atom. The number of nitrogens with zero attached hydrogens (tertiary/aromatic N) is 1. The van der Waals surface area contributed by atoms with Gasteiger partial charge < -0.3 is 15.0 Å². The normalized spacial score (nSPS) is 10.3. The molecule has 0 aliphatic rings. The van der Waals surface area contributed by atoms with Gasteiger partial charge in [0.05, 0.1) is 12.1 Å². The molecule has 5 nitrogen and oxygen atoms in total. The average molecular weight is 378 g/mol. The molecule has 0 aliphatic heterocycles. The summed E-state index contributed by atoms with van der Waals surface area (Å²) >= 11 is 9.13. The molecule has 0 fully saturated rings. The van der Waals surface area contributed by atoms with Gasteiger partial charge in [0.2, 0.25) is 5.91 Å². The lowest BCUT2D eigenvalue weighted by atomic mass is 10.2. The molecule has 7 heteroatoms. The van der Waals surface area contributed by atoms with Crippen molar-refractivity contribution >= 4 is 39.3 Å². The predicted molar refractivity (Wildman–Crippen MR) is 85.6 cm³/mol. The van der Waals surface area contributed by atoms with Crippen LogP contribution in [0.25, 0.3) is 0 Å². The van der Waals surface area contributed by atoms with Crippen molar-refractivity contribution in [3.8, 4) is 0 Å². The average Bonchev–Trinajstić information content (AvgIpc) is 2.43. The minimum atomic E-state index is -0.245. The minimum absolute atomic E-state index is 0.000875. The van der Waals surface area contributed by atoms with Gasteiger partial charge in [0.15, 0.2) is 0 Å². The molecule has 2 amide bonds. The van der Waals surface area contributed by atoms with Crippen LogP contribution < -0.4 is 5.32 Å². The molecule has 1 rings (SSSR count). The zero-order valence-electron chi connectivity index (χ0n) is 12.0. The molecule has 0 unspecified atom stereocenters. The Balaban J connectivity index is 2.52. The number of methoxy groups -OCH3 is 1. The van der Waals surface area contributed by atoms with Crippen LogP contribution in [0.2, 0.25) is 5.02 Å². The summed E-state index contributed by atoms with van der Waals surface area (Å²) in [5.41, 5.74) is 0.467. The number of benzene rings is 1. The van der Waals surface area contributed by atoms with Gasteiger partial charge in [0, 0.05) is 36.8 Å². The van der Waals surface area contributed by atoms with Gasteiger partial charge in [-0.25, -0.2) is 0 Å². The van der Waals surface area contributed by atoms with Gasteiger partial charge in [-0.2, -0.15) is 0 Å². The van der Waals surface area contributed by atoms with Crippen molar-refractivity contribution in [3.63, 3.8) is 0 Å². The Bertz CT molecular complexity index is 511. The number of rotatable bonds is 7. The third-order valence-electron chi connectivity index (χ3n) is 2.74. The Morgan fingerprint density at radius 2 is 2.14 bits per heavy atom. The van der Waals surface area contributed by atoms with Crippen LogP contribution in [0.15, 0.2) is 22.7 Å². The van der Waals surface area contributed by atoms with Gasteiger partial charge in [0.25, 0.3) is 5.91 Å². The number of hydrogen-bond acceptors (Lipinski definition) is 3. The maximum absolute atomic E-state index is 12.2. The van der Waals surface area contributed by atoms with Crippen LogP contribution in [-0.2, 0) is 9.53 Å². The molecule has 1 N–H and O–H groups in total. The second kappa shape index (κ2) is 9.02. The van der Waals surface area contributed by atoms with E-state index in [0.717, 1.165) is 6.42 Å². The lowest BCUT2D eigenvalue weighted by molar-refractivity contribution is -0.121. The van der Waals surface area contributed by atoms with E-state index in [4.69, 9.17) is 16.3 Å². The first-order valence-electron chi connectivity index (χ1n) is 6.42. The van der Waals surface area contributed by atoms with E-state index >= 15 is 0 Å². The fourth-order valence-corrected chi connectivity index (χ4v) is 2.51. The smallest absolute Gasteiger partial charge is 0.255 e. The van der Waals surface area contributed by atoms with Crippen molar-refractivity contribution < 1.29 is 14.3 Å². The van der Waals surface area contributed by atoms with Crippen LogP contribution in [0.1, 0.15) is 16.8 Å². The molecule has 0 aliphatic carbocycles. The quantitative estimate of drug-likeness (QED) is 0.742. The molecule has 0 atom stereocenters. The van der Waals surface area contributed by atoms with E-state index in [1.807, 2.05) is 0 Å². The number of likely N-dealkylation sites (N-methyl/N-ethyl adjacent to an activating group) is 1. The maximum Gasteiger partial charge on any atom is 0.255 e. The van der Waals surface area contributed by atoms with Crippen molar-refractivity contribution in [2.75, 3.05) is 33.9 Å². The summed E-state index contributed by atoms with van der Waals surface area (Å²) < 4.78 is 5.50. The van der Waals surface area contributed by atoms with Gasteiger partial charge in [-0.15, -0.1) is 0 Å². The zero-order chi connectivity index (χ0) is 15.8. The summed E-state index contributed by atoms with van der Waals surface area (Å²) in [5.74, 6) is -0.447. The molecule has 0 radical (unpaired) electrons. The number of carbonyl (C=O) groups excluding carboxylic acids is 2. The molecule has 0 bridgehead atoms. The molecule has 0 saturated heterocycles. The minimum Gasteiger partial charge on any atom is -0.385 e. The zero-order valence-corrected chi connectivity index (χ0v) is 14.3. The van der Waals surface area contributed by atoms with E-state index in [1.165, 1.54) is 4.90 Å². The number of hydrogen-bond donors (Lipinski definition) is 1. The van der Waals surface area contributed by atoms with E-state index in [-0.39, 0.29) is 18.4 Å². The molecule has 0 aromatic heterocycles. The monoisotopic (exact) mass is 376 g/mol. The fraction of sp³-hybridized carbons (Fsp3) is 0.429. The second-order valence-electron chi connectivity index (χ2n) is 4.48. The molecular formula is C14H18BrClN2O3. The van der Waals surface area contributed by atoms with Crippen molar-refractivity contribution in [3.05, 3.63) is 33.3 Å². The van der Waals surface area contributed by atoms with Crippen LogP contribution in [0.4, 0.5) is 0 Å². The molecule has 1 aromatic carbocycles. The van der Waals surface area contributed by atoms with Crippen molar-refractivity contribution in [2.45, 2.75) is 6.42 Å². The summed E-state index contributed by atoms with van der Waals surface area (Å²) in [6.45, 7) is 1.12. The summed E-state index contributed by atoms with van der Waals surface area (Å²) in [6.07, 6.45) is 0.739. The van der Waals surface area contributed by atoms with Gasteiger partial charge in [-0.05, 0) is 40.5 Å². The van der Waals surface area contributed by atoms with Crippen LogP contribution in [0.5, 0.6) is 0 Å². The van der Waals surface area contributed by atoms with E-state index < -0.39 is 0 Å². The number of ether oxygens (including phenoxy) is 1. The molecule has 1 aromatic rings. The lowest BCUT2D eigenvalue weighted by Crippen LogP contribution is -2.38. The van der Waals surface area contributed by atoms with Crippen molar-refractivity contribution in [1.29, 1.82) is 0 Å². The summed E-state index contributed by atoms with van der Waals surface area (Å²) in [6, 6.07) is 4.91. The number of halogens is 2. The highest BCUT2D eigenvalue weighted by molar-refractivity contribution is 9.10. The van der Waals surface area contributed by atoms with Crippen molar-refractivity contribution in [1.82, 2.24) is 10.2 Å². The molecule has 0 saturated carbocycles. The van der Waals surface area contributed by atoms with Crippen LogP contribution >= 0.6 is 27.5 Å². The standard InChI is InChI=1S/C14H18BrClN2O3/c1-18(9-13(19)17-6-3-7-21-2)14(20)11-5-4-10(16)8-12(11)15/h4-5,8H,3,6-7,9H2,1-2H3,(H,17,19). The first-order valence-corrected chi connectivity index (χ1v) is 7.59. The Hall–Kier alpha value is -1.11. The van der Waals surface area contributed by atoms with Crippen molar-refractivity contribution in [2.24, 2.45) is 0 Å². The predicted octanol–water partition coefficient (Wildman–Crippen LogP) is 2.33. The van der Waals surface area contributed by atoms with E-state index in [2.05, 4.69) is 21.2 Å².